The molecule has 1 aromatic rings. The lowest BCUT2D eigenvalue weighted by Crippen LogP contribution is -2.25. The highest BCUT2D eigenvalue weighted by molar-refractivity contribution is 5.21. The standard InChI is InChI=1S/C9H11F2NO/c1-5(12)9(13)7-3-2-6(10)4-8(7)11/h2-5,9,13H,12H2,1H3/t5-,9-/m0/s1. The van der Waals surface area contributed by atoms with E-state index in [-0.39, 0.29) is 5.56 Å². The van der Waals surface area contributed by atoms with E-state index in [0.29, 0.717) is 0 Å². The Kier molecular flexibility index (Phi) is 2.95. The predicted octanol–water partition coefficient (Wildman–Crippen LogP) is 1.35. The zero-order valence-electron chi connectivity index (χ0n) is 7.17. The van der Waals surface area contributed by atoms with Gasteiger partial charge in [0.15, 0.2) is 0 Å². The van der Waals surface area contributed by atoms with Crippen LogP contribution in [0.5, 0.6) is 0 Å². The lowest BCUT2D eigenvalue weighted by molar-refractivity contribution is 0.149. The molecule has 0 bridgehead atoms. The highest BCUT2D eigenvalue weighted by Crippen LogP contribution is 2.19. The fourth-order valence-corrected chi connectivity index (χ4v) is 1.02. The summed E-state index contributed by atoms with van der Waals surface area (Å²) in [7, 11) is 0. The van der Waals surface area contributed by atoms with Crippen LogP contribution in [0.1, 0.15) is 18.6 Å². The Bertz CT molecular complexity index is 302. The number of aliphatic hydroxyl groups excluding tert-OH is 1. The minimum atomic E-state index is -1.10. The molecule has 0 aliphatic rings. The molecule has 1 rings (SSSR count). The van der Waals surface area contributed by atoms with Crippen molar-refractivity contribution in [2.45, 2.75) is 19.1 Å². The molecule has 4 heteroatoms. The number of hydrogen-bond acceptors (Lipinski definition) is 2. The number of halogens is 2. The topological polar surface area (TPSA) is 46.2 Å². The second-order valence-corrected chi connectivity index (χ2v) is 2.97. The molecule has 0 unspecified atom stereocenters. The monoisotopic (exact) mass is 187 g/mol. The summed E-state index contributed by atoms with van der Waals surface area (Å²) in [5, 5.41) is 9.38. The molecule has 0 saturated carbocycles. The molecule has 13 heavy (non-hydrogen) atoms. The summed E-state index contributed by atoms with van der Waals surface area (Å²) in [6, 6.07) is 2.42. The van der Waals surface area contributed by atoms with E-state index in [1.807, 2.05) is 0 Å². The largest absolute Gasteiger partial charge is 0.387 e. The van der Waals surface area contributed by atoms with Gasteiger partial charge in [0.1, 0.15) is 11.6 Å². The molecule has 2 atom stereocenters. The van der Waals surface area contributed by atoms with Gasteiger partial charge in [-0.25, -0.2) is 8.78 Å². The minimum Gasteiger partial charge on any atom is -0.387 e. The second-order valence-electron chi connectivity index (χ2n) is 2.97. The van der Waals surface area contributed by atoms with Crippen molar-refractivity contribution >= 4 is 0 Å². The van der Waals surface area contributed by atoms with Crippen LogP contribution < -0.4 is 5.73 Å². The van der Waals surface area contributed by atoms with Crippen LogP contribution in [0, 0.1) is 11.6 Å². The second kappa shape index (κ2) is 3.81. The third-order valence-corrected chi connectivity index (χ3v) is 1.78. The molecule has 0 saturated heterocycles. The van der Waals surface area contributed by atoms with Crippen molar-refractivity contribution < 1.29 is 13.9 Å². The molecule has 0 amide bonds. The maximum Gasteiger partial charge on any atom is 0.131 e. The Morgan fingerprint density at radius 1 is 1.38 bits per heavy atom. The first-order valence-electron chi connectivity index (χ1n) is 3.91. The fraction of sp³-hybridized carbons (Fsp3) is 0.333. The molecule has 0 heterocycles. The van der Waals surface area contributed by atoms with E-state index in [2.05, 4.69) is 0 Å². The van der Waals surface area contributed by atoms with E-state index in [1.165, 1.54) is 6.07 Å². The number of rotatable bonds is 2. The third-order valence-electron chi connectivity index (χ3n) is 1.78. The zero-order chi connectivity index (χ0) is 10.0. The van der Waals surface area contributed by atoms with Crippen LogP contribution in [-0.4, -0.2) is 11.1 Å². The molecule has 1 aromatic carbocycles. The Labute approximate surface area is 75.0 Å². The smallest absolute Gasteiger partial charge is 0.131 e. The molecule has 3 N–H and O–H groups in total. The van der Waals surface area contributed by atoms with E-state index in [9.17, 15) is 13.9 Å². The summed E-state index contributed by atoms with van der Waals surface area (Å²) in [4.78, 5) is 0. The van der Waals surface area contributed by atoms with Crippen molar-refractivity contribution in [3.63, 3.8) is 0 Å². The van der Waals surface area contributed by atoms with Gasteiger partial charge in [-0.3, -0.25) is 0 Å². The van der Waals surface area contributed by atoms with Gasteiger partial charge in [-0.05, 0) is 13.0 Å². The van der Waals surface area contributed by atoms with Crippen molar-refractivity contribution in [2.24, 2.45) is 5.73 Å². The van der Waals surface area contributed by atoms with Gasteiger partial charge < -0.3 is 10.8 Å². The minimum absolute atomic E-state index is 0.0244. The van der Waals surface area contributed by atoms with Crippen LogP contribution in [-0.2, 0) is 0 Å². The van der Waals surface area contributed by atoms with E-state index in [1.54, 1.807) is 6.92 Å². The molecule has 0 radical (unpaired) electrons. The molecule has 2 nitrogen and oxygen atoms in total. The van der Waals surface area contributed by atoms with Gasteiger partial charge in [0.2, 0.25) is 0 Å². The van der Waals surface area contributed by atoms with Gasteiger partial charge in [0, 0.05) is 17.7 Å². The maximum absolute atomic E-state index is 13.0. The average Bonchev–Trinajstić information content (AvgIpc) is 2.03. The Balaban J connectivity index is 3.01. The molecule has 0 spiro atoms. The Hall–Kier alpha value is -1.00. The van der Waals surface area contributed by atoms with Gasteiger partial charge in [0.05, 0.1) is 6.10 Å². The molecule has 72 valence electrons. The number of aliphatic hydroxyl groups is 1. The van der Waals surface area contributed by atoms with Crippen LogP contribution >= 0.6 is 0 Å². The van der Waals surface area contributed by atoms with Crippen molar-refractivity contribution in [1.29, 1.82) is 0 Å². The van der Waals surface area contributed by atoms with E-state index >= 15 is 0 Å². The molecule has 0 aliphatic carbocycles. The van der Waals surface area contributed by atoms with Crippen LogP contribution in [0.15, 0.2) is 18.2 Å². The van der Waals surface area contributed by atoms with Crippen molar-refractivity contribution in [2.75, 3.05) is 0 Å². The van der Waals surface area contributed by atoms with Gasteiger partial charge in [0.25, 0.3) is 0 Å². The molecular weight excluding hydrogens is 176 g/mol. The summed E-state index contributed by atoms with van der Waals surface area (Å²) >= 11 is 0. The van der Waals surface area contributed by atoms with Crippen molar-refractivity contribution in [1.82, 2.24) is 0 Å². The predicted molar refractivity (Wildman–Crippen MR) is 45.0 cm³/mol. The maximum atomic E-state index is 13.0. The Morgan fingerprint density at radius 2 is 2.00 bits per heavy atom. The fourth-order valence-electron chi connectivity index (χ4n) is 1.02. The van der Waals surface area contributed by atoms with Gasteiger partial charge in [-0.15, -0.1) is 0 Å². The van der Waals surface area contributed by atoms with Crippen LogP contribution in [0.3, 0.4) is 0 Å². The van der Waals surface area contributed by atoms with Crippen LogP contribution in [0.2, 0.25) is 0 Å². The lowest BCUT2D eigenvalue weighted by Gasteiger charge is -2.15. The normalized spacial score (nSPS) is 15.5. The molecule has 0 aliphatic heterocycles. The van der Waals surface area contributed by atoms with Gasteiger partial charge in [-0.1, -0.05) is 6.07 Å². The van der Waals surface area contributed by atoms with Gasteiger partial charge in [-0.2, -0.15) is 0 Å². The van der Waals surface area contributed by atoms with Crippen molar-refractivity contribution in [3.8, 4) is 0 Å². The third kappa shape index (κ3) is 2.23. The van der Waals surface area contributed by atoms with Crippen molar-refractivity contribution in [3.05, 3.63) is 35.4 Å². The molecular formula is C9H11F2NO. The van der Waals surface area contributed by atoms with E-state index in [0.717, 1.165) is 12.1 Å². The molecule has 0 aromatic heterocycles. The quantitative estimate of drug-likeness (QED) is 0.734. The van der Waals surface area contributed by atoms with E-state index in [4.69, 9.17) is 5.73 Å². The number of hydrogen-bond donors (Lipinski definition) is 2. The zero-order valence-corrected chi connectivity index (χ0v) is 7.17. The SMILES string of the molecule is C[C@H](N)[C@H](O)c1ccc(F)cc1F. The van der Waals surface area contributed by atoms with Crippen LogP contribution in [0.25, 0.3) is 0 Å². The summed E-state index contributed by atoms with van der Waals surface area (Å²) in [5.41, 5.74) is 5.39. The number of benzene rings is 1. The lowest BCUT2D eigenvalue weighted by atomic mass is 10.0. The Morgan fingerprint density at radius 3 is 2.46 bits per heavy atom. The first-order chi connectivity index (χ1) is 6.02. The summed E-state index contributed by atoms with van der Waals surface area (Å²) in [5.74, 6) is -1.44. The van der Waals surface area contributed by atoms with Gasteiger partial charge >= 0.3 is 0 Å². The summed E-state index contributed by atoms with van der Waals surface area (Å²) in [6.07, 6.45) is -1.10. The highest BCUT2D eigenvalue weighted by Gasteiger charge is 2.16. The summed E-state index contributed by atoms with van der Waals surface area (Å²) in [6.45, 7) is 1.55. The molecule has 0 fully saturated rings. The first-order valence-corrected chi connectivity index (χ1v) is 3.91. The highest BCUT2D eigenvalue weighted by atomic mass is 19.1. The van der Waals surface area contributed by atoms with Crippen LogP contribution in [0.4, 0.5) is 8.78 Å². The average molecular weight is 187 g/mol. The first kappa shape index (κ1) is 10.1. The van der Waals surface area contributed by atoms with E-state index < -0.39 is 23.8 Å². The number of nitrogens with two attached hydrogens (primary N) is 1. The summed E-state index contributed by atoms with van der Waals surface area (Å²) < 4.78 is 25.5.